The molecule has 2 aromatic rings. The van der Waals surface area contributed by atoms with E-state index in [4.69, 9.17) is 15.2 Å². The Bertz CT molecular complexity index is 500. The summed E-state index contributed by atoms with van der Waals surface area (Å²) < 4.78 is 12.2. The third-order valence-electron chi connectivity index (χ3n) is 1.99. The Labute approximate surface area is 106 Å². The van der Waals surface area contributed by atoms with Crippen molar-refractivity contribution in [2.24, 2.45) is 0 Å². The molecule has 0 aliphatic rings. The van der Waals surface area contributed by atoms with Gasteiger partial charge in [-0.3, -0.25) is 0 Å². The van der Waals surface area contributed by atoms with Gasteiger partial charge in [0.15, 0.2) is 5.82 Å². The highest BCUT2D eigenvalue weighted by Crippen LogP contribution is 2.21. The third-order valence-corrected chi connectivity index (χ3v) is 2.60. The molecule has 0 aliphatic carbocycles. The Morgan fingerprint density at radius 2 is 1.82 bits per heavy atom. The van der Waals surface area contributed by atoms with Crippen LogP contribution < -0.4 is 15.2 Å². The molecule has 17 heavy (non-hydrogen) atoms. The van der Waals surface area contributed by atoms with Crippen LogP contribution in [0.2, 0.25) is 0 Å². The molecule has 90 valence electrons. The van der Waals surface area contributed by atoms with E-state index in [0.29, 0.717) is 28.0 Å². The molecule has 7 nitrogen and oxygen atoms in total. The molecule has 0 spiro atoms. The van der Waals surface area contributed by atoms with Gasteiger partial charge in [-0.1, -0.05) is 0 Å². The zero-order valence-corrected chi connectivity index (χ0v) is 10.8. The standard InChI is InChI=1S/C9H10BrN5O2/c1-16-6-3-7(17-2)13-9(12-6)15-4-5(10)8(11)14-15/h3-4H,1-2H3,(H2,11,14). The molecule has 2 rings (SSSR count). The number of hydrogen-bond acceptors (Lipinski definition) is 6. The highest BCUT2D eigenvalue weighted by Gasteiger charge is 2.10. The molecule has 0 saturated carbocycles. The maximum Gasteiger partial charge on any atom is 0.257 e. The van der Waals surface area contributed by atoms with Gasteiger partial charge >= 0.3 is 0 Å². The molecule has 0 saturated heterocycles. The Hall–Kier alpha value is -1.83. The van der Waals surface area contributed by atoms with Crippen molar-refractivity contribution in [1.82, 2.24) is 19.7 Å². The lowest BCUT2D eigenvalue weighted by atomic mass is 10.6. The van der Waals surface area contributed by atoms with E-state index in [1.54, 1.807) is 12.3 Å². The molecule has 8 heteroatoms. The maximum atomic E-state index is 5.62. The SMILES string of the molecule is COc1cc(OC)nc(-n2cc(Br)c(N)n2)n1. The number of hydrogen-bond donors (Lipinski definition) is 1. The summed E-state index contributed by atoms with van der Waals surface area (Å²) in [6.45, 7) is 0. The first-order chi connectivity index (χ1) is 8.13. The van der Waals surface area contributed by atoms with Gasteiger partial charge in [0, 0.05) is 0 Å². The van der Waals surface area contributed by atoms with Crippen LogP contribution in [0.25, 0.3) is 5.95 Å². The number of methoxy groups -OCH3 is 2. The summed E-state index contributed by atoms with van der Waals surface area (Å²) in [7, 11) is 3.03. The minimum Gasteiger partial charge on any atom is -0.481 e. The lowest BCUT2D eigenvalue weighted by Crippen LogP contribution is -2.05. The van der Waals surface area contributed by atoms with E-state index in [0.717, 1.165) is 0 Å². The summed E-state index contributed by atoms with van der Waals surface area (Å²) in [5.41, 5.74) is 5.62. The molecule has 0 amide bonds. The van der Waals surface area contributed by atoms with E-state index in [9.17, 15) is 0 Å². The fraction of sp³-hybridized carbons (Fsp3) is 0.222. The summed E-state index contributed by atoms with van der Waals surface area (Å²) >= 11 is 3.26. The van der Waals surface area contributed by atoms with Crippen LogP contribution in [0.5, 0.6) is 11.8 Å². The lowest BCUT2D eigenvalue weighted by Gasteiger charge is -2.05. The maximum absolute atomic E-state index is 5.62. The van der Waals surface area contributed by atoms with Gasteiger partial charge in [0.25, 0.3) is 5.95 Å². The fourth-order valence-electron chi connectivity index (χ4n) is 1.17. The third kappa shape index (κ3) is 2.31. The average molecular weight is 300 g/mol. The number of nitrogens with zero attached hydrogens (tertiary/aromatic N) is 4. The average Bonchev–Trinajstić information content (AvgIpc) is 2.69. The van der Waals surface area contributed by atoms with Crippen molar-refractivity contribution < 1.29 is 9.47 Å². The summed E-state index contributed by atoms with van der Waals surface area (Å²) in [5, 5.41) is 4.04. The predicted molar refractivity (Wildman–Crippen MR) is 64.4 cm³/mol. The summed E-state index contributed by atoms with van der Waals surface area (Å²) in [6.07, 6.45) is 1.66. The van der Waals surface area contributed by atoms with E-state index in [2.05, 4.69) is 31.0 Å². The van der Waals surface area contributed by atoms with Crippen LogP contribution in [-0.2, 0) is 0 Å². The van der Waals surface area contributed by atoms with Crippen molar-refractivity contribution in [1.29, 1.82) is 0 Å². The van der Waals surface area contributed by atoms with Crippen molar-refractivity contribution in [3.8, 4) is 17.7 Å². The molecule has 0 atom stereocenters. The van der Waals surface area contributed by atoms with Crippen LogP contribution in [0.15, 0.2) is 16.7 Å². The number of aromatic nitrogens is 4. The number of anilines is 1. The van der Waals surface area contributed by atoms with Crippen LogP contribution in [-0.4, -0.2) is 34.0 Å². The monoisotopic (exact) mass is 299 g/mol. The van der Waals surface area contributed by atoms with E-state index in [1.165, 1.54) is 18.9 Å². The molecular formula is C9H10BrN5O2. The Morgan fingerprint density at radius 1 is 1.24 bits per heavy atom. The van der Waals surface area contributed by atoms with Crippen LogP contribution in [0.4, 0.5) is 5.82 Å². The van der Waals surface area contributed by atoms with Crippen molar-refractivity contribution in [3.05, 3.63) is 16.7 Å². The van der Waals surface area contributed by atoms with Crippen molar-refractivity contribution in [3.63, 3.8) is 0 Å². The summed E-state index contributed by atoms with van der Waals surface area (Å²) in [4.78, 5) is 8.27. The normalized spacial score (nSPS) is 10.3. The molecule has 0 fully saturated rings. The second-order valence-electron chi connectivity index (χ2n) is 3.06. The number of rotatable bonds is 3. The van der Waals surface area contributed by atoms with Crippen molar-refractivity contribution in [2.75, 3.05) is 20.0 Å². The van der Waals surface area contributed by atoms with Crippen molar-refractivity contribution >= 4 is 21.7 Å². The Balaban J connectivity index is 2.50. The first-order valence-corrected chi connectivity index (χ1v) is 5.41. The van der Waals surface area contributed by atoms with Gasteiger partial charge in [0.2, 0.25) is 11.8 Å². The first-order valence-electron chi connectivity index (χ1n) is 4.62. The van der Waals surface area contributed by atoms with Gasteiger partial charge in [0.1, 0.15) is 0 Å². The largest absolute Gasteiger partial charge is 0.481 e. The van der Waals surface area contributed by atoms with Gasteiger partial charge < -0.3 is 15.2 Å². The molecule has 2 N–H and O–H groups in total. The second kappa shape index (κ2) is 4.58. The van der Waals surface area contributed by atoms with Gasteiger partial charge in [-0.15, -0.1) is 5.10 Å². The van der Waals surface area contributed by atoms with Crippen LogP contribution >= 0.6 is 15.9 Å². The van der Waals surface area contributed by atoms with E-state index in [-0.39, 0.29) is 0 Å². The summed E-state index contributed by atoms with van der Waals surface area (Å²) in [5.74, 6) is 1.45. The zero-order valence-electron chi connectivity index (χ0n) is 9.22. The lowest BCUT2D eigenvalue weighted by molar-refractivity contribution is 0.370. The number of ether oxygens (including phenoxy) is 2. The van der Waals surface area contributed by atoms with E-state index in [1.807, 2.05) is 0 Å². The number of nitrogen functional groups attached to an aromatic ring is 1. The van der Waals surface area contributed by atoms with Gasteiger partial charge in [0.05, 0.1) is 31.0 Å². The van der Waals surface area contributed by atoms with Crippen molar-refractivity contribution in [2.45, 2.75) is 0 Å². The second-order valence-corrected chi connectivity index (χ2v) is 3.91. The van der Waals surface area contributed by atoms with E-state index < -0.39 is 0 Å². The first kappa shape index (κ1) is 11.6. The zero-order chi connectivity index (χ0) is 12.4. The van der Waals surface area contributed by atoms with E-state index >= 15 is 0 Å². The molecular weight excluding hydrogens is 290 g/mol. The molecule has 2 heterocycles. The van der Waals surface area contributed by atoms with Gasteiger partial charge in [-0.05, 0) is 15.9 Å². The molecule has 2 aromatic heterocycles. The molecule has 0 aromatic carbocycles. The van der Waals surface area contributed by atoms with Crippen LogP contribution in [0.3, 0.4) is 0 Å². The molecule has 0 bridgehead atoms. The topological polar surface area (TPSA) is 88.1 Å². The van der Waals surface area contributed by atoms with Gasteiger partial charge in [-0.2, -0.15) is 9.97 Å². The van der Waals surface area contributed by atoms with Crippen LogP contribution in [0, 0.1) is 0 Å². The fourth-order valence-corrected chi connectivity index (χ4v) is 1.45. The summed E-state index contributed by atoms with van der Waals surface area (Å²) in [6, 6.07) is 1.57. The molecule has 0 aliphatic heterocycles. The highest BCUT2D eigenvalue weighted by atomic mass is 79.9. The van der Waals surface area contributed by atoms with Crippen LogP contribution in [0.1, 0.15) is 0 Å². The van der Waals surface area contributed by atoms with Gasteiger partial charge in [-0.25, -0.2) is 4.68 Å². The highest BCUT2D eigenvalue weighted by molar-refractivity contribution is 9.10. The minimum absolute atomic E-state index is 0.318. The minimum atomic E-state index is 0.318. The number of nitrogens with two attached hydrogens (primary N) is 1. The predicted octanol–water partition coefficient (Wildman–Crippen LogP) is 1.02. The Kier molecular flexibility index (Phi) is 3.14. The molecule has 0 unspecified atom stereocenters. The smallest absolute Gasteiger partial charge is 0.257 e. The molecule has 0 radical (unpaired) electrons. The number of halogens is 1. The quantitative estimate of drug-likeness (QED) is 0.910. The Morgan fingerprint density at radius 3 is 2.24 bits per heavy atom.